The van der Waals surface area contributed by atoms with Crippen LogP contribution < -0.4 is 10.7 Å². The molecule has 0 aliphatic heterocycles. The maximum atomic E-state index is 12.4. The van der Waals surface area contributed by atoms with Gasteiger partial charge in [-0.05, 0) is 41.8 Å². The second-order valence-corrected chi connectivity index (χ2v) is 6.60. The fourth-order valence-corrected chi connectivity index (χ4v) is 2.90. The summed E-state index contributed by atoms with van der Waals surface area (Å²) in [5.74, 6) is -0.151. The molecule has 2 N–H and O–H groups in total. The lowest BCUT2D eigenvalue weighted by molar-refractivity contribution is -0.121. The van der Waals surface area contributed by atoms with Crippen molar-refractivity contribution in [1.82, 2.24) is 5.43 Å². The number of carbonyl (C=O) groups is 1. The molecule has 1 amide bonds. The first-order valence-electron chi connectivity index (χ1n) is 9.30. The van der Waals surface area contributed by atoms with E-state index < -0.39 is 0 Å². The number of hydrazone groups is 1. The van der Waals surface area contributed by atoms with Crippen LogP contribution in [0.5, 0.6) is 0 Å². The van der Waals surface area contributed by atoms with Crippen LogP contribution in [-0.2, 0) is 11.2 Å². The summed E-state index contributed by atoms with van der Waals surface area (Å²) in [4.78, 5) is 12.4. The summed E-state index contributed by atoms with van der Waals surface area (Å²) in [6.07, 6.45) is 1.53. The van der Waals surface area contributed by atoms with Gasteiger partial charge in [-0.25, -0.2) is 5.43 Å². The molecular formula is C23H25N3O. The van der Waals surface area contributed by atoms with Gasteiger partial charge in [0.1, 0.15) is 6.04 Å². The van der Waals surface area contributed by atoms with Crippen LogP contribution in [-0.4, -0.2) is 17.7 Å². The van der Waals surface area contributed by atoms with Crippen LogP contribution in [0.1, 0.15) is 25.8 Å². The van der Waals surface area contributed by atoms with Gasteiger partial charge in [-0.1, -0.05) is 67.6 Å². The Morgan fingerprint density at radius 1 is 0.963 bits per heavy atom. The number of benzene rings is 3. The molecule has 3 aromatic carbocycles. The lowest BCUT2D eigenvalue weighted by atomic mass is 10.1. The summed E-state index contributed by atoms with van der Waals surface area (Å²) in [5.41, 5.74) is 5.76. The second kappa shape index (κ2) is 8.99. The number of nitrogens with zero attached hydrogens (tertiary/aromatic N) is 1. The monoisotopic (exact) mass is 359 g/mol. The van der Waals surface area contributed by atoms with Crippen molar-refractivity contribution in [1.29, 1.82) is 0 Å². The molecule has 0 heterocycles. The van der Waals surface area contributed by atoms with Gasteiger partial charge in [0, 0.05) is 17.8 Å². The average Bonchev–Trinajstić information content (AvgIpc) is 2.71. The van der Waals surface area contributed by atoms with E-state index in [1.807, 2.05) is 50.2 Å². The maximum absolute atomic E-state index is 12.4. The fourth-order valence-electron chi connectivity index (χ4n) is 2.90. The largest absolute Gasteiger partial charge is 0.374 e. The molecule has 0 bridgehead atoms. The molecule has 138 valence electrons. The molecular weight excluding hydrogens is 334 g/mol. The molecule has 0 aliphatic rings. The standard InChI is InChI=1S/C23H25N3O/c1-3-21(15-18-9-5-4-6-10-18)25-26-23(27)17(2)24-22-14-13-19-11-7-8-12-20(19)16-22/h4-14,16-17,24H,3,15H2,1-2H3,(H,26,27)/b25-21-/t17-/m1/s1. The highest BCUT2D eigenvalue weighted by atomic mass is 16.2. The minimum Gasteiger partial charge on any atom is -0.374 e. The van der Waals surface area contributed by atoms with E-state index in [2.05, 4.69) is 52.2 Å². The van der Waals surface area contributed by atoms with E-state index in [9.17, 15) is 4.79 Å². The van der Waals surface area contributed by atoms with Crippen molar-refractivity contribution in [2.75, 3.05) is 5.32 Å². The Morgan fingerprint density at radius 3 is 2.41 bits per heavy atom. The molecule has 0 saturated heterocycles. The smallest absolute Gasteiger partial charge is 0.262 e. The number of fused-ring (bicyclic) bond motifs is 1. The molecule has 3 rings (SSSR count). The topological polar surface area (TPSA) is 53.5 Å². The van der Waals surface area contributed by atoms with Crippen LogP contribution >= 0.6 is 0 Å². The van der Waals surface area contributed by atoms with E-state index in [-0.39, 0.29) is 11.9 Å². The molecule has 0 radical (unpaired) electrons. The minimum absolute atomic E-state index is 0.151. The van der Waals surface area contributed by atoms with Gasteiger partial charge in [0.05, 0.1) is 0 Å². The number of rotatable bonds is 7. The Balaban J connectivity index is 1.60. The summed E-state index contributed by atoms with van der Waals surface area (Å²) in [6.45, 7) is 3.88. The second-order valence-electron chi connectivity index (χ2n) is 6.60. The number of amides is 1. The van der Waals surface area contributed by atoms with Crippen LogP contribution in [0.4, 0.5) is 5.69 Å². The van der Waals surface area contributed by atoms with Crippen LogP contribution in [0, 0.1) is 0 Å². The van der Waals surface area contributed by atoms with E-state index >= 15 is 0 Å². The number of hydrogen-bond acceptors (Lipinski definition) is 3. The maximum Gasteiger partial charge on any atom is 0.262 e. The van der Waals surface area contributed by atoms with Crippen molar-refractivity contribution in [3.05, 3.63) is 78.4 Å². The highest BCUT2D eigenvalue weighted by Gasteiger charge is 2.12. The SMILES string of the molecule is CC/C(Cc1ccccc1)=N/NC(=O)[C@@H](C)Nc1ccc2ccccc2c1. The Bertz CT molecular complexity index is 935. The summed E-state index contributed by atoms with van der Waals surface area (Å²) in [6, 6.07) is 24.0. The Labute approximate surface area is 160 Å². The molecule has 27 heavy (non-hydrogen) atoms. The summed E-state index contributed by atoms with van der Waals surface area (Å²) >= 11 is 0. The third-order valence-electron chi connectivity index (χ3n) is 4.51. The number of hydrogen-bond donors (Lipinski definition) is 2. The molecule has 0 aliphatic carbocycles. The van der Waals surface area contributed by atoms with Gasteiger partial charge in [0.2, 0.25) is 0 Å². The van der Waals surface area contributed by atoms with Gasteiger partial charge in [0.15, 0.2) is 0 Å². The highest BCUT2D eigenvalue weighted by Crippen LogP contribution is 2.19. The minimum atomic E-state index is -0.384. The zero-order chi connectivity index (χ0) is 19.1. The van der Waals surface area contributed by atoms with Crippen LogP contribution in [0.3, 0.4) is 0 Å². The molecule has 1 atom stereocenters. The third kappa shape index (κ3) is 5.17. The predicted octanol–water partition coefficient (Wildman–Crippen LogP) is 4.77. The molecule has 0 saturated carbocycles. The van der Waals surface area contributed by atoms with Crippen molar-refractivity contribution in [3.63, 3.8) is 0 Å². The van der Waals surface area contributed by atoms with Crippen molar-refractivity contribution in [2.24, 2.45) is 5.10 Å². The van der Waals surface area contributed by atoms with E-state index in [4.69, 9.17) is 0 Å². The molecule has 0 unspecified atom stereocenters. The number of nitrogens with one attached hydrogen (secondary N) is 2. The van der Waals surface area contributed by atoms with Gasteiger partial charge in [-0.2, -0.15) is 5.10 Å². The summed E-state index contributed by atoms with van der Waals surface area (Å²) in [5, 5.41) is 9.89. The van der Waals surface area contributed by atoms with Gasteiger partial charge >= 0.3 is 0 Å². The van der Waals surface area contributed by atoms with Crippen molar-refractivity contribution >= 4 is 28.1 Å². The zero-order valence-corrected chi connectivity index (χ0v) is 15.8. The lowest BCUT2D eigenvalue weighted by Gasteiger charge is -2.14. The average molecular weight is 359 g/mol. The quantitative estimate of drug-likeness (QED) is 0.472. The lowest BCUT2D eigenvalue weighted by Crippen LogP contribution is -2.35. The summed E-state index contributed by atoms with van der Waals surface area (Å²) in [7, 11) is 0. The van der Waals surface area contributed by atoms with E-state index in [1.54, 1.807) is 0 Å². The highest BCUT2D eigenvalue weighted by molar-refractivity contribution is 5.90. The Kier molecular flexibility index (Phi) is 6.21. The normalized spacial score (nSPS) is 12.6. The summed E-state index contributed by atoms with van der Waals surface area (Å²) < 4.78 is 0. The molecule has 4 heteroatoms. The van der Waals surface area contributed by atoms with Gasteiger partial charge in [-0.3, -0.25) is 4.79 Å². The molecule has 0 fully saturated rings. The first-order chi connectivity index (χ1) is 13.2. The van der Waals surface area contributed by atoms with Crippen molar-refractivity contribution in [3.8, 4) is 0 Å². The zero-order valence-electron chi connectivity index (χ0n) is 15.8. The van der Waals surface area contributed by atoms with Crippen LogP contribution in [0.25, 0.3) is 10.8 Å². The van der Waals surface area contributed by atoms with E-state index in [0.29, 0.717) is 0 Å². The molecule has 0 spiro atoms. The fraction of sp³-hybridized carbons (Fsp3) is 0.217. The Morgan fingerprint density at radius 2 is 1.67 bits per heavy atom. The number of carbonyl (C=O) groups excluding carboxylic acids is 1. The van der Waals surface area contributed by atoms with Crippen molar-refractivity contribution < 1.29 is 4.79 Å². The van der Waals surface area contributed by atoms with Crippen molar-refractivity contribution in [2.45, 2.75) is 32.7 Å². The molecule has 3 aromatic rings. The van der Waals surface area contributed by atoms with E-state index in [0.717, 1.165) is 29.6 Å². The molecule has 0 aromatic heterocycles. The van der Waals surface area contributed by atoms with Gasteiger partial charge < -0.3 is 5.32 Å². The first-order valence-corrected chi connectivity index (χ1v) is 9.30. The van der Waals surface area contributed by atoms with Crippen LogP contribution in [0.2, 0.25) is 0 Å². The first kappa shape index (κ1) is 18.6. The molecule has 4 nitrogen and oxygen atoms in total. The third-order valence-corrected chi connectivity index (χ3v) is 4.51. The van der Waals surface area contributed by atoms with Gasteiger partial charge in [-0.15, -0.1) is 0 Å². The van der Waals surface area contributed by atoms with E-state index in [1.165, 1.54) is 10.9 Å². The number of anilines is 1. The van der Waals surface area contributed by atoms with Crippen LogP contribution in [0.15, 0.2) is 77.9 Å². The Hall–Kier alpha value is -3.14. The van der Waals surface area contributed by atoms with Gasteiger partial charge in [0.25, 0.3) is 5.91 Å². The predicted molar refractivity (Wildman–Crippen MR) is 113 cm³/mol.